The van der Waals surface area contributed by atoms with Crippen LogP contribution in [0.5, 0.6) is 0 Å². The van der Waals surface area contributed by atoms with Gasteiger partial charge in [-0.05, 0) is 25.6 Å². The number of likely N-dealkylation sites (N-methyl/N-ethyl adjacent to an activating group) is 1. The van der Waals surface area contributed by atoms with Crippen LogP contribution in [-0.4, -0.2) is 53.1 Å². The van der Waals surface area contributed by atoms with Crippen molar-refractivity contribution in [3.05, 3.63) is 41.9 Å². The number of pyridine rings is 1. The predicted molar refractivity (Wildman–Crippen MR) is 88.0 cm³/mol. The molecule has 0 spiro atoms. The van der Waals surface area contributed by atoms with Gasteiger partial charge in [-0.2, -0.15) is 4.98 Å². The number of nitrogens with zero attached hydrogens (tertiary/aromatic N) is 5. The lowest BCUT2D eigenvalue weighted by Crippen LogP contribution is -2.44. The van der Waals surface area contributed by atoms with Crippen LogP contribution in [0.3, 0.4) is 0 Å². The molecule has 116 valence electrons. The Morgan fingerprint density at radius 1 is 1.18 bits per heavy atom. The number of aromatic nitrogens is 3. The standard InChI is InChI=1S/C16H22N6/c1-13-10-15(22-8-6-21(2)7-9-22)20-16(19-13)18-12-14-4-3-5-17-11-14/h3-5,10-11H,6-9,12H2,1-2H3,(H,18,19,20). The third-order valence-corrected chi connectivity index (χ3v) is 3.84. The van der Waals surface area contributed by atoms with E-state index in [0.717, 1.165) is 43.3 Å². The predicted octanol–water partition coefficient (Wildman–Crippen LogP) is 1.54. The average Bonchev–Trinajstić information content (AvgIpc) is 2.54. The summed E-state index contributed by atoms with van der Waals surface area (Å²) in [6.45, 7) is 6.85. The van der Waals surface area contributed by atoms with Gasteiger partial charge >= 0.3 is 0 Å². The molecule has 2 aromatic rings. The van der Waals surface area contributed by atoms with E-state index in [1.165, 1.54) is 0 Å². The Labute approximate surface area is 131 Å². The van der Waals surface area contributed by atoms with Crippen molar-refractivity contribution in [2.24, 2.45) is 0 Å². The normalized spacial score (nSPS) is 15.8. The van der Waals surface area contributed by atoms with Gasteiger partial charge in [0.1, 0.15) is 5.82 Å². The third-order valence-electron chi connectivity index (χ3n) is 3.84. The molecule has 1 fully saturated rings. The molecule has 0 saturated carbocycles. The van der Waals surface area contributed by atoms with Gasteiger partial charge < -0.3 is 15.1 Å². The molecule has 0 radical (unpaired) electrons. The van der Waals surface area contributed by atoms with Crippen LogP contribution in [0.25, 0.3) is 0 Å². The monoisotopic (exact) mass is 298 g/mol. The van der Waals surface area contributed by atoms with Crippen molar-refractivity contribution in [3.63, 3.8) is 0 Å². The van der Waals surface area contributed by atoms with Crippen molar-refractivity contribution < 1.29 is 0 Å². The molecule has 0 amide bonds. The van der Waals surface area contributed by atoms with Gasteiger partial charge in [0.25, 0.3) is 0 Å². The first-order valence-electron chi connectivity index (χ1n) is 7.63. The van der Waals surface area contributed by atoms with Gasteiger partial charge in [0, 0.05) is 56.9 Å². The van der Waals surface area contributed by atoms with Crippen LogP contribution in [0.4, 0.5) is 11.8 Å². The topological polar surface area (TPSA) is 57.2 Å². The molecule has 2 aromatic heterocycles. The minimum atomic E-state index is 0.679. The van der Waals surface area contributed by atoms with Gasteiger partial charge in [0.05, 0.1) is 0 Å². The lowest BCUT2D eigenvalue weighted by atomic mass is 10.3. The number of anilines is 2. The maximum atomic E-state index is 4.66. The van der Waals surface area contributed by atoms with E-state index >= 15 is 0 Å². The molecule has 1 aliphatic heterocycles. The van der Waals surface area contributed by atoms with Crippen molar-refractivity contribution >= 4 is 11.8 Å². The number of hydrogen-bond acceptors (Lipinski definition) is 6. The highest BCUT2D eigenvalue weighted by Crippen LogP contribution is 2.17. The fourth-order valence-electron chi connectivity index (χ4n) is 2.51. The fraction of sp³-hybridized carbons (Fsp3) is 0.438. The van der Waals surface area contributed by atoms with E-state index in [1.54, 1.807) is 6.20 Å². The van der Waals surface area contributed by atoms with E-state index in [1.807, 2.05) is 25.3 Å². The first kappa shape index (κ1) is 14.7. The number of hydrogen-bond donors (Lipinski definition) is 1. The summed E-state index contributed by atoms with van der Waals surface area (Å²) < 4.78 is 0. The third kappa shape index (κ3) is 3.71. The molecular weight excluding hydrogens is 276 g/mol. The summed E-state index contributed by atoms with van der Waals surface area (Å²) in [7, 11) is 2.16. The van der Waals surface area contributed by atoms with E-state index in [-0.39, 0.29) is 0 Å². The Kier molecular flexibility index (Phi) is 4.48. The number of rotatable bonds is 4. The van der Waals surface area contributed by atoms with Crippen molar-refractivity contribution in [1.29, 1.82) is 0 Å². The van der Waals surface area contributed by atoms with Gasteiger partial charge in [-0.1, -0.05) is 6.07 Å². The van der Waals surface area contributed by atoms with Crippen molar-refractivity contribution in [3.8, 4) is 0 Å². The smallest absolute Gasteiger partial charge is 0.225 e. The van der Waals surface area contributed by atoms with E-state index in [9.17, 15) is 0 Å². The van der Waals surface area contributed by atoms with Crippen molar-refractivity contribution in [1.82, 2.24) is 19.9 Å². The second-order valence-corrected chi connectivity index (χ2v) is 5.70. The SMILES string of the molecule is Cc1cc(N2CCN(C)CC2)nc(NCc2cccnc2)n1. The largest absolute Gasteiger partial charge is 0.354 e. The maximum Gasteiger partial charge on any atom is 0.225 e. The first-order valence-corrected chi connectivity index (χ1v) is 7.63. The van der Waals surface area contributed by atoms with Gasteiger partial charge in [0.2, 0.25) is 5.95 Å². The molecule has 6 heteroatoms. The van der Waals surface area contributed by atoms with Crippen LogP contribution in [0, 0.1) is 6.92 Å². The van der Waals surface area contributed by atoms with Crippen LogP contribution < -0.4 is 10.2 Å². The minimum absolute atomic E-state index is 0.679. The molecule has 0 unspecified atom stereocenters. The zero-order chi connectivity index (χ0) is 15.4. The molecule has 0 atom stereocenters. The first-order chi connectivity index (χ1) is 10.7. The number of piperazine rings is 1. The Balaban J connectivity index is 1.70. The van der Waals surface area contributed by atoms with Crippen molar-refractivity contribution in [2.75, 3.05) is 43.4 Å². The van der Waals surface area contributed by atoms with Gasteiger partial charge in [-0.15, -0.1) is 0 Å². The molecule has 3 rings (SSSR count). The Morgan fingerprint density at radius 2 is 2.00 bits per heavy atom. The van der Waals surface area contributed by atoms with Crippen LogP contribution in [-0.2, 0) is 6.54 Å². The average molecular weight is 298 g/mol. The second-order valence-electron chi connectivity index (χ2n) is 5.70. The molecule has 1 saturated heterocycles. The second kappa shape index (κ2) is 6.70. The van der Waals surface area contributed by atoms with E-state index in [4.69, 9.17) is 0 Å². The Hall–Kier alpha value is -2.21. The molecule has 0 bridgehead atoms. The Morgan fingerprint density at radius 3 is 2.73 bits per heavy atom. The van der Waals surface area contributed by atoms with E-state index in [2.05, 4.69) is 43.2 Å². The molecule has 0 aromatic carbocycles. The summed E-state index contributed by atoms with van der Waals surface area (Å²) in [4.78, 5) is 17.9. The summed E-state index contributed by atoms with van der Waals surface area (Å²) in [6.07, 6.45) is 3.63. The molecule has 22 heavy (non-hydrogen) atoms. The number of nitrogens with one attached hydrogen (secondary N) is 1. The molecule has 1 aliphatic rings. The summed E-state index contributed by atoms with van der Waals surface area (Å²) in [5, 5.41) is 3.29. The molecular formula is C16H22N6. The summed E-state index contributed by atoms with van der Waals surface area (Å²) in [6, 6.07) is 6.03. The molecule has 0 aliphatic carbocycles. The quantitative estimate of drug-likeness (QED) is 0.924. The van der Waals surface area contributed by atoms with Gasteiger partial charge in [0.15, 0.2) is 0 Å². The Bertz CT molecular complexity index is 607. The highest BCUT2D eigenvalue weighted by Gasteiger charge is 2.16. The fourth-order valence-corrected chi connectivity index (χ4v) is 2.51. The van der Waals surface area contributed by atoms with Crippen LogP contribution in [0.1, 0.15) is 11.3 Å². The number of aryl methyl sites for hydroxylation is 1. The van der Waals surface area contributed by atoms with Gasteiger partial charge in [-0.25, -0.2) is 4.98 Å². The van der Waals surface area contributed by atoms with Crippen LogP contribution in [0.15, 0.2) is 30.6 Å². The minimum Gasteiger partial charge on any atom is -0.354 e. The zero-order valence-electron chi connectivity index (χ0n) is 13.2. The highest BCUT2D eigenvalue weighted by atomic mass is 15.3. The lowest BCUT2D eigenvalue weighted by molar-refractivity contribution is 0.312. The highest BCUT2D eigenvalue weighted by molar-refractivity contribution is 5.45. The molecule has 6 nitrogen and oxygen atoms in total. The van der Waals surface area contributed by atoms with Crippen molar-refractivity contribution in [2.45, 2.75) is 13.5 Å². The zero-order valence-corrected chi connectivity index (χ0v) is 13.2. The van der Waals surface area contributed by atoms with E-state index in [0.29, 0.717) is 12.5 Å². The lowest BCUT2D eigenvalue weighted by Gasteiger charge is -2.33. The van der Waals surface area contributed by atoms with Gasteiger partial charge in [-0.3, -0.25) is 4.98 Å². The molecule has 1 N–H and O–H groups in total. The molecule has 3 heterocycles. The van der Waals surface area contributed by atoms with Crippen LogP contribution >= 0.6 is 0 Å². The van der Waals surface area contributed by atoms with Crippen LogP contribution in [0.2, 0.25) is 0 Å². The maximum absolute atomic E-state index is 4.66. The van der Waals surface area contributed by atoms with E-state index < -0.39 is 0 Å². The summed E-state index contributed by atoms with van der Waals surface area (Å²) >= 11 is 0. The summed E-state index contributed by atoms with van der Waals surface area (Å²) in [5.41, 5.74) is 2.10. The summed E-state index contributed by atoms with van der Waals surface area (Å²) in [5.74, 6) is 1.69.